The predicted molar refractivity (Wildman–Crippen MR) is 72.4 cm³/mol. The minimum absolute atomic E-state index is 0.0639. The first-order chi connectivity index (χ1) is 8.49. The van der Waals surface area contributed by atoms with Crippen molar-refractivity contribution in [2.75, 3.05) is 7.11 Å². The molecule has 2 atom stereocenters. The lowest BCUT2D eigenvalue weighted by Crippen LogP contribution is -2.13. The topological polar surface area (TPSA) is 52.4 Å². The number of rotatable bonds is 6. The van der Waals surface area contributed by atoms with Crippen LogP contribution in [0.25, 0.3) is 0 Å². The van der Waals surface area contributed by atoms with E-state index >= 15 is 0 Å². The molecule has 0 aromatic heterocycles. The van der Waals surface area contributed by atoms with Crippen LogP contribution in [0, 0.1) is 16.0 Å². The number of non-ortho nitro benzene ring substituents is 1. The van der Waals surface area contributed by atoms with Gasteiger partial charge in [-0.25, -0.2) is 0 Å². The van der Waals surface area contributed by atoms with Crippen molar-refractivity contribution in [3.63, 3.8) is 0 Å². The Labute approximate surface area is 112 Å². The number of hydrogen-bond acceptors (Lipinski definition) is 3. The molecule has 1 rings (SSSR count). The van der Waals surface area contributed by atoms with Crippen LogP contribution in [0.3, 0.4) is 0 Å². The summed E-state index contributed by atoms with van der Waals surface area (Å²) >= 11 is 6.19. The summed E-state index contributed by atoms with van der Waals surface area (Å²) in [6.45, 7) is 4.07. The third-order valence-corrected chi connectivity index (χ3v) is 3.76. The van der Waals surface area contributed by atoms with Crippen molar-refractivity contribution in [3.8, 4) is 5.75 Å². The molecule has 1 aromatic carbocycles. The second-order valence-corrected chi connectivity index (χ2v) is 4.92. The Morgan fingerprint density at radius 3 is 2.67 bits per heavy atom. The van der Waals surface area contributed by atoms with Gasteiger partial charge in [-0.2, -0.15) is 0 Å². The summed E-state index contributed by atoms with van der Waals surface area (Å²) in [4.78, 5) is 10.4. The van der Waals surface area contributed by atoms with E-state index in [0.29, 0.717) is 12.2 Å². The highest BCUT2D eigenvalue weighted by atomic mass is 35.5. The molecule has 0 aliphatic carbocycles. The van der Waals surface area contributed by atoms with E-state index in [1.54, 1.807) is 19.2 Å². The number of hydrogen-bond donors (Lipinski definition) is 0. The molecule has 2 unspecified atom stereocenters. The standard InChI is InChI=1S/C13H18ClNO3/c1-4-12(14)9(2)7-10-8-11(15(16)17)5-6-13(10)18-3/h5-6,8-9,12H,4,7H2,1-3H3. The number of nitro benzene ring substituents is 1. The summed E-state index contributed by atoms with van der Waals surface area (Å²) in [5, 5.41) is 10.8. The van der Waals surface area contributed by atoms with Crippen LogP contribution in [-0.2, 0) is 6.42 Å². The van der Waals surface area contributed by atoms with E-state index in [1.165, 1.54) is 6.07 Å². The summed E-state index contributed by atoms with van der Waals surface area (Å²) in [5.41, 5.74) is 0.916. The quantitative estimate of drug-likeness (QED) is 0.449. The minimum atomic E-state index is -0.397. The molecule has 0 aliphatic rings. The van der Waals surface area contributed by atoms with Crippen molar-refractivity contribution in [1.82, 2.24) is 0 Å². The predicted octanol–water partition coefficient (Wildman–Crippen LogP) is 3.80. The van der Waals surface area contributed by atoms with Gasteiger partial charge in [0.1, 0.15) is 5.75 Å². The second kappa shape index (κ2) is 6.59. The Bertz CT molecular complexity index is 423. The van der Waals surface area contributed by atoms with Crippen LogP contribution in [0.5, 0.6) is 5.75 Å². The fourth-order valence-corrected chi connectivity index (χ4v) is 2.00. The minimum Gasteiger partial charge on any atom is -0.496 e. The van der Waals surface area contributed by atoms with Gasteiger partial charge >= 0.3 is 0 Å². The van der Waals surface area contributed by atoms with Crippen molar-refractivity contribution < 1.29 is 9.66 Å². The van der Waals surface area contributed by atoms with Gasteiger partial charge in [-0.05, 0) is 24.8 Å². The van der Waals surface area contributed by atoms with Crippen LogP contribution < -0.4 is 4.74 Å². The smallest absolute Gasteiger partial charge is 0.269 e. The molecule has 1 aromatic rings. The van der Waals surface area contributed by atoms with E-state index in [0.717, 1.165) is 12.0 Å². The molecule has 0 saturated heterocycles. The van der Waals surface area contributed by atoms with Crippen molar-refractivity contribution in [1.29, 1.82) is 0 Å². The van der Waals surface area contributed by atoms with Gasteiger partial charge in [-0.3, -0.25) is 10.1 Å². The van der Waals surface area contributed by atoms with Gasteiger partial charge in [0.15, 0.2) is 0 Å². The van der Waals surface area contributed by atoms with Gasteiger partial charge < -0.3 is 4.74 Å². The maximum atomic E-state index is 10.8. The molecule has 5 heteroatoms. The Balaban J connectivity index is 2.97. The van der Waals surface area contributed by atoms with E-state index in [1.807, 2.05) is 13.8 Å². The first kappa shape index (κ1) is 14.8. The Hall–Kier alpha value is -1.29. The molecule has 0 heterocycles. The molecule has 0 N–H and O–H groups in total. The zero-order valence-corrected chi connectivity index (χ0v) is 11.6. The lowest BCUT2D eigenvalue weighted by Gasteiger charge is -2.17. The van der Waals surface area contributed by atoms with Gasteiger partial charge in [0.2, 0.25) is 0 Å². The maximum absolute atomic E-state index is 10.8. The monoisotopic (exact) mass is 271 g/mol. The van der Waals surface area contributed by atoms with Crippen molar-refractivity contribution >= 4 is 17.3 Å². The summed E-state index contributed by atoms with van der Waals surface area (Å²) in [6.07, 6.45) is 1.55. The maximum Gasteiger partial charge on any atom is 0.269 e. The van der Waals surface area contributed by atoms with Crippen LogP contribution in [0.1, 0.15) is 25.8 Å². The van der Waals surface area contributed by atoms with E-state index in [4.69, 9.17) is 16.3 Å². The lowest BCUT2D eigenvalue weighted by molar-refractivity contribution is -0.384. The van der Waals surface area contributed by atoms with E-state index < -0.39 is 4.92 Å². The van der Waals surface area contributed by atoms with Crippen LogP contribution in [0.4, 0.5) is 5.69 Å². The Morgan fingerprint density at radius 2 is 2.17 bits per heavy atom. The summed E-state index contributed by atoms with van der Waals surface area (Å²) < 4.78 is 5.23. The zero-order chi connectivity index (χ0) is 13.7. The van der Waals surface area contributed by atoms with Gasteiger partial charge in [0, 0.05) is 23.1 Å². The summed E-state index contributed by atoms with van der Waals surface area (Å²) in [6, 6.07) is 4.65. The first-order valence-corrected chi connectivity index (χ1v) is 6.38. The van der Waals surface area contributed by atoms with Gasteiger partial charge in [0.25, 0.3) is 5.69 Å². The molecule has 100 valence electrons. The van der Waals surface area contributed by atoms with Gasteiger partial charge in [-0.15, -0.1) is 11.6 Å². The van der Waals surface area contributed by atoms with Crippen LogP contribution >= 0.6 is 11.6 Å². The van der Waals surface area contributed by atoms with Crippen molar-refractivity contribution in [2.45, 2.75) is 32.1 Å². The third kappa shape index (κ3) is 3.60. The summed E-state index contributed by atoms with van der Waals surface area (Å²) in [5.74, 6) is 0.917. The fraction of sp³-hybridized carbons (Fsp3) is 0.538. The second-order valence-electron chi connectivity index (χ2n) is 4.36. The first-order valence-electron chi connectivity index (χ1n) is 5.95. The number of halogens is 1. The highest BCUT2D eigenvalue weighted by Gasteiger charge is 2.17. The molecule has 4 nitrogen and oxygen atoms in total. The molecule has 0 bridgehead atoms. The van der Waals surface area contributed by atoms with Crippen LogP contribution in [-0.4, -0.2) is 17.4 Å². The zero-order valence-electron chi connectivity index (χ0n) is 10.9. The highest BCUT2D eigenvalue weighted by Crippen LogP contribution is 2.28. The molecule has 0 aliphatic heterocycles. The SMILES string of the molecule is CCC(Cl)C(C)Cc1cc([N+](=O)[O-])ccc1OC. The average Bonchev–Trinajstić information content (AvgIpc) is 2.37. The highest BCUT2D eigenvalue weighted by molar-refractivity contribution is 6.20. The molecule has 18 heavy (non-hydrogen) atoms. The van der Waals surface area contributed by atoms with E-state index in [2.05, 4.69) is 0 Å². The molecular formula is C13H18ClNO3. The largest absolute Gasteiger partial charge is 0.496 e. The van der Waals surface area contributed by atoms with Crippen LogP contribution in [0.2, 0.25) is 0 Å². The Morgan fingerprint density at radius 1 is 1.50 bits per heavy atom. The van der Waals surface area contributed by atoms with E-state index in [9.17, 15) is 10.1 Å². The third-order valence-electron chi connectivity index (χ3n) is 3.02. The van der Waals surface area contributed by atoms with Gasteiger partial charge in [-0.1, -0.05) is 13.8 Å². The molecule has 0 saturated carbocycles. The lowest BCUT2D eigenvalue weighted by atomic mass is 9.95. The molecule has 0 spiro atoms. The molecule has 0 amide bonds. The average molecular weight is 272 g/mol. The Kier molecular flexibility index (Phi) is 5.41. The number of ether oxygens (including phenoxy) is 1. The molecule has 0 radical (unpaired) electrons. The molecular weight excluding hydrogens is 254 g/mol. The number of benzene rings is 1. The fourth-order valence-electron chi connectivity index (χ4n) is 1.92. The molecule has 0 fully saturated rings. The van der Waals surface area contributed by atoms with Crippen LogP contribution in [0.15, 0.2) is 18.2 Å². The van der Waals surface area contributed by atoms with Gasteiger partial charge in [0.05, 0.1) is 12.0 Å². The number of nitrogens with zero attached hydrogens (tertiary/aromatic N) is 1. The van der Waals surface area contributed by atoms with Crippen molar-refractivity contribution in [3.05, 3.63) is 33.9 Å². The number of methoxy groups -OCH3 is 1. The number of alkyl halides is 1. The number of nitro groups is 1. The van der Waals surface area contributed by atoms with E-state index in [-0.39, 0.29) is 17.0 Å². The normalized spacial score (nSPS) is 14.0. The summed E-state index contributed by atoms with van der Waals surface area (Å²) in [7, 11) is 1.56. The van der Waals surface area contributed by atoms with Crippen molar-refractivity contribution in [2.24, 2.45) is 5.92 Å².